The molecule has 34 heavy (non-hydrogen) atoms. The molecule has 1 unspecified atom stereocenters. The van der Waals surface area contributed by atoms with E-state index in [0.717, 1.165) is 46.7 Å². The molecular weight excluding hydrogens is 418 g/mol. The summed E-state index contributed by atoms with van der Waals surface area (Å²) in [5, 5.41) is 6.79. The predicted molar refractivity (Wildman–Crippen MR) is 138 cm³/mol. The third-order valence-corrected chi connectivity index (χ3v) is 7.85. The average molecular weight is 448 g/mol. The number of hydrogen-bond acceptors (Lipinski definition) is 3. The maximum atomic E-state index is 13.6. The van der Waals surface area contributed by atoms with Crippen molar-refractivity contribution in [1.82, 2.24) is 15.2 Å². The molecule has 3 aliphatic rings. The van der Waals surface area contributed by atoms with Crippen LogP contribution in [0.3, 0.4) is 0 Å². The summed E-state index contributed by atoms with van der Waals surface area (Å²) in [5.74, 6) is 1.14. The highest BCUT2D eigenvalue weighted by Crippen LogP contribution is 2.42. The summed E-state index contributed by atoms with van der Waals surface area (Å²) < 4.78 is 0. The predicted octanol–water partition coefficient (Wildman–Crippen LogP) is 5.76. The van der Waals surface area contributed by atoms with E-state index in [2.05, 4.69) is 58.2 Å². The summed E-state index contributed by atoms with van der Waals surface area (Å²) in [4.78, 5) is 20.8. The van der Waals surface area contributed by atoms with Crippen molar-refractivity contribution in [2.75, 3.05) is 13.1 Å². The number of nitrogens with zero attached hydrogens (tertiary/aromatic N) is 2. The Morgan fingerprint density at radius 3 is 2.71 bits per heavy atom. The zero-order valence-electron chi connectivity index (χ0n) is 19.2. The zero-order valence-corrected chi connectivity index (χ0v) is 19.2. The molecule has 4 heteroatoms. The van der Waals surface area contributed by atoms with Gasteiger partial charge in [0.25, 0.3) is 5.91 Å². The van der Waals surface area contributed by atoms with Crippen molar-refractivity contribution in [3.05, 3.63) is 103 Å². The average Bonchev–Trinajstić information content (AvgIpc) is 2.91. The Bertz CT molecular complexity index is 1370. The highest BCUT2D eigenvalue weighted by molar-refractivity contribution is 5.99. The van der Waals surface area contributed by atoms with E-state index >= 15 is 0 Å². The zero-order chi connectivity index (χ0) is 23.1. The molecule has 2 bridgehead atoms. The van der Waals surface area contributed by atoms with Gasteiger partial charge in [-0.1, -0.05) is 54.6 Å². The molecule has 4 heterocycles. The second-order valence-corrected chi connectivity index (χ2v) is 9.68. The third-order valence-electron chi connectivity index (χ3n) is 7.85. The van der Waals surface area contributed by atoms with Crippen LogP contribution in [0.2, 0.25) is 0 Å². The minimum atomic E-state index is -0.111. The van der Waals surface area contributed by atoms with Gasteiger partial charge < -0.3 is 5.32 Å². The van der Waals surface area contributed by atoms with Crippen LogP contribution in [0.25, 0.3) is 21.7 Å². The topological polar surface area (TPSA) is 45.2 Å². The lowest BCUT2D eigenvalue weighted by Gasteiger charge is -2.51. The standard InChI is InChI=1S/C30H29N3O/c1-2-20-19-33-16-14-23(20)18-28(33)29(26-13-15-31-27-10-6-5-9-25(26)27)32-30(34)24-12-11-21-7-3-4-8-22(21)17-24/h2-13,15,17,20,23,28-29H,1,14,16,18-19H2,(H,32,34)/t20-,23-,28+,29-/m0/s1. The number of fused-ring (bicyclic) bond motifs is 5. The molecule has 0 spiro atoms. The van der Waals surface area contributed by atoms with E-state index in [-0.39, 0.29) is 18.0 Å². The Labute approximate surface area is 200 Å². The monoisotopic (exact) mass is 447 g/mol. The molecule has 3 aromatic carbocycles. The molecule has 1 amide bonds. The van der Waals surface area contributed by atoms with E-state index in [9.17, 15) is 4.79 Å². The Kier molecular flexibility index (Phi) is 5.39. The SMILES string of the molecule is C=C[C@H]1CN2CC[C@H]1C[C@@H]2[C@@H](NC(=O)c1ccc2ccccc2c1)c1ccnc2ccccc12. The molecule has 170 valence electrons. The summed E-state index contributed by atoms with van der Waals surface area (Å²) in [5.41, 5.74) is 2.80. The first-order valence-electron chi connectivity index (χ1n) is 12.2. The van der Waals surface area contributed by atoms with Crippen molar-refractivity contribution in [2.24, 2.45) is 11.8 Å². The quantitative estimate of drug-likeness (QED) is 0.396. The number of amides is 1. The van der Waals surface area contributed by atoms with Gasteiger partial charge in [0, 0.05) is 29.7 Å². The van der Waals surface area contributed by atoms with Crippen molar-refractivity contribution in [1.29, 1.82) is 0 Å². The number of rotatable bonds is 5. The van der Waals surface area contributed by atoms with Gasteiger partial charge in [-0.25, -0.2) is 0 Å². The Morgan fingerprint density at radius 2 is 1.88 bits per heavy atom. The first kappa shape index (κ1) is 21.1. The van der Waals surface area contributed by atoms with Gasteiger partial charge in [0.15, 0.2) is 0 Å². The van der Waals surface area contributed by atoms with Crippen LogP contribution >= 0.6 is 0 Å². The number of aromatic nitrogens is 1. The van der Waals surface area contributed by atoms with Crippen LogP contribution < -0.4 is 5.32 Å². The Morgan fingerprint density at radius 1 is 1.06 bits per heavy atom. The summed E-state index contributed by atoms with van der Waals surface area (Å²) in [6.07, 6.45) is 6.26. The lowest BCUT2D eigenvalue weighted by molar-refractivity contribution is 0.00171. The molecule has 0 aliphatic carbocycles. The molecule has 5 atom stereocenters. The lowest BCUT2D eigenvalue weighted by atomic mass is 9.73. The molecule has 0 saturated carbocycles. The molecule has 7 rings (SSSR count). The van der Waals surface area contributed by atoms with Crippen LogP contribution in [-0.2, 0) is 0 Å². The number of para-hydroxylation sites is 1. The highest BCUT2D eigenvalue weighted by atomic mass is 16.1. The summed E-state index contributed by atoms with van der Waals surface area (Å²) in [6, 6.07) is 24.6. The molecule has 1 aromatic heterocycles. The fraction of sp³-hybridized carbons (Fsp3) is 0.267. The molecule has 3 aliphatic heterocycles. The van der Waals surface area contributed by atoms with Gasteiger partial charge in [0.05, 0.1) is 11.6 Å². The van der Waals surface area contributed by atoms with Crippen molar-refractivity contribution < 1.29 is 4.79 Å². The van der Waals surface area contributed by atoms with Crippen LogP contribution in [0.5, 0.6) is 0 Å². The number of nitrogens with one attached hydrogen (secondary N) is 1. The van der Waals surface area contributed by atoms with Crippen molar-refractivity contribution in [3.63, 3.8) is 0 Å². The van der Waals surface area contributed by atoms with E-state index in [4.69, 9.17) is 0 Å². The van der Waals surface area contributed by atoms with Crippen LogP contribution in [0, 0.1) is 11.8 Å². The molecule has 4 nitrogen and oxygen atoms in total. The fourth-order valence-corrected chi connectivity index (χ4v) is 6.05. The van der Waals surface area contributed by atoms with Gasteiger partial charge >= 0.3 is 0 Å². The van der Waals surface area contributed by atoms with Gasteiger partial charge in [-0.3, -0.25) is 14.7 Å². The molecule has 0 radical (unpaired) electrons. The maximum absolute atomic E-state index is 13.6. The first-order chi connectivity index (χ1) is 16.7. The summed E-state index contributed by atoms with van der Waals surface area (Å²) in [7, 11) is 0. The molecular formula is C30H29N3O. The third kappa shape index (κ3) is 3.68. The number of carbonyl (C=O) groups is 1. The van der Waals surface area contributed by atoms with Crippen LogP contribution in [0.15, 0.2) is 91.6 Å². The van der Waals surface area contributed by atoms with E-state index in [1.165, 1.54) is 6.42 Å². The second kappa shape index (κ2) is 8.69. The fourth-order valence-electron chi connectivity index (χ4n) is 6.05. The summed E-state index contributed by atoms with van der Waals surface area (Å²) >= 11 is 0. The molecule has 1 N–H and O–H groups in total. The van der Waals surface area contributed by atoms with Gasteiger partial charge in [-0.2, -0.15) is 0 Å². The smallest absolute Gasteiger partial charge is 0.251 e. The number of carbonyl (C=O) groups excluding carboxylic acids is 1. The lowest BCUT2D eigenvalue weighted by Crippen LogP contribution is -2.57. The van der Waals surface area contributed by atoms with E-state index in [1.807, 2.05) is 48.7 Å². The Balaban J connectivity index is 1.39. The highest BCUT2D eigenvalue weighted by Gasteiger charge is 2.43. The van der Waals surface area contributed by atoms with E-state index in [0.29, 0.717) is 17.4 Å². The normalized spacial score (nSPS) is 24.7. The maximum Gasteiger partial charge on any atom is 0.251 e. The molecule has 3 saturated heterocycles. The van der Waals surface area contributed by atoms with Crippen LogP contribution in [-0.4, -0.2) is 34.9 Å². The van der Waals surface area contributed by atoms with Gasteiger partial charge in [-0.15, -0.1) is 6.58 Å². The number of pyridine rings is 1. The number of piperidine rings is 3. The van der Waals surface area contributed by atoms with Gasteiger partial charge in [-0.05, 0) is 71.8 Å². The van der Waals surface area contributed by atoms with Crippen LogP contribution in [0.4, 0.5) is 0 Å². The van der Waals surface area contributed by atoms with Crippen molar-refractivity contribution >= 4 is 27.6 Å². The van der Waals surface area contributed by atoms with E-state index in [1.54, 1.807) is 0 Å². The van der Waals surface area contributed by atoms with E-state index < -0.39 is 0 Å². The van der Waals surface area contributed by atoms with Gasteiger partial charge in [0.2, 0.25) is 0 Å². The number of benzene rings is 3. The largest absolute Gasteiger partial charge is 0.344 e. The minimum absolute atomic E-state index is 0.0282. The first-order valence-corrected chi connectivity index (χ1v) is 12.2. The molecule has 3 fully saturated rings. The minimum Gasteiger partial charge on any atom is -0.344 e. The van der Waals surface area contributed by atoms with Crippen molar-refractivity contribution in [2.45, 2.75) is 24.9 Å². The van der Waals surface area contributed by atoms with Crippen molar-refractivity contribution in [3.8, 4) is 0 Å². The van der Waals surface area contributed by atoms with Gasteiger partial charge in [0.1, 0.15) is 0 Å². The Hall–Kier alpha value is -3.50. The number of hydrogen-bond donors (Lipinski definition) is 1. The molecule has 4 aromatic rings. The second-order valence-electron chi connectivity index (χ2n) is 9.68. The summed E-state index contributed by atoms with van der Waals surface area (Å²) in [6.45, 7) is 6.17. The van der Waals surface area contributed by atoms with Crippen LogP contribution in [0.1, 0.15) is 34.8 Å².